The number of fused-ring (bicyclic) bond motifs is 1. The zero-order valence-electron chi connectivity index (χ0n) is 19.4. The highest BCUT2D eigenvalue weighted by molar-refractivity contribution is 6.18. The molecule has 0 saturated heterocycles. The lowest BCUT2D eigenvalue weighted by Gasteiger charge is -2.65. The van der Waals surface area contributed by atoms with E-state index >= 15 is 0 Å². The van der Waals surface area contributed by atoms with Gasteiger partial charge in [0.15, 0.2) is 0 Å². The molecule has 7 nitrogen and oxygen atoms in total. The molecule has 0 bridgehead atoms. The van der Waals surface area contributed by atoms with E-state index in [-0.39, 0.29) is 35.7 Å². The number of cyclic esters (lactones) is 1. The van der Waals surface area contributed by atoms with Crippen LogP contribution in [0.2, 0.25) is 0 Å². The first-order valence-corrected chi connectivity index (χ1v) is 12.0. The first kappa shape index (κ1) is 25.0. The van der Waals surface area contributed by atoms with Gasteiger partial charge in [-0.3, -0.25) is 9.59 Å². The Bertz CT molecular complexity index is 795. The third-order valence-electron chi connectivity index (χ3n) is 8.39. The van der Waals surface area contributed by atoms with Gasteiger partial charge in [0.1, 0.15) is 19.3 Å². The van der Waals surface area contributed by atoms with Gasteiger partial charge >= 0.3 is 17.9 Å². The Hall–Kier alpha value is -1.60. The van der Waals surface area contributed by atoms with E-state index in [4.69, 9.17) is 25.8 Å². The van der Waals surface area contributed by atoms with Crippen LogP contribution in [-0.4, -0.2) is 53.8 Å². The lowest BCUT2D eigenvalue weighted by Crippen LogP contribution is -2.71. The number of esters is 3. The van der Waals surface area contributed by atoms with E-state index in [1.54, 1.807) is 6.08 Å². The first-order chi connectivity index (χ1) is 15.0. The molecule has 1 aliphatic heterocycles. The van der Waals surface area contributed by atoms with Crippen LogP contribution >= 0.6 is 11.6 Å². The number of ether oxygens (including phenoxy) is 3. The number of carbonyl (C=O) groups is 3. The number of halogens is 1. The quantitative estimate of drug-likeness (QED) is 0.345. The van der Waals surface area contributed by atoms with Crippen molar-refractivity contribution in [2.24, 2.45) is 22.7 Å². The monoisotopic (exact) mass is 470 g/mol. The van der Waals surface area contributed by atoms with Gasteiger partial charge in [0.05, 0.1) is 16.9 Å². The van der Waals surface area contributed by atoms with Gasteiger partial charge in [-0.2, -0.15) is 0 Å². The molecule has 1 N–H and O–H groups in total. The Balaban J connectivity index is 2.06. The Morgan fingerprint density at radius 1 is 1.31 bits per heavy atom. The predicted molar refractivity (Wildman–Crippen MR) is 118 cm³/mol. The first-order valence-electron chi connectivity index (χ1n) is 11.4. The van der Waals surface area contributed by atoms with Crippen LogP contribution in [-0.2, 0) is 28.6 Å². The van der Waals surface area contributed by atoms with Crippen molar-refractivity contribution in [3.05, 3.63) is 11.6 Å². The minimum atomic E-state index is -1.35. The Morgan fingerprint density at radius 3 is 2.59 bits per heavy atom. The van der Waals surface area contributed by atoms with E-state index in [2.05, 4.69) is 13.8 Å². The Kier molecular flexibility index (Phi) is 7.30. The van der Waals surface area contributed by atoms with Crippen LogP contribution < -0.4 is 0 Å². The highest BCUT2D eigenvalue weighted by Crippen LogP contribution is 2.65. The maximum atomic E-state index is 12.1. The summed E-state index contributed by atoms with van der Waals surface area (Å²) in [6.07, 6.45) is 4.96. The van der Waals surface area contributed by atoms with E-state index in [1.165, 1.54) is 13.8 Å². The van der Waals surface area contributed by atoms with E-state index in [0.717, 1.165) is 24.8 Å². The number of alkyl halides is 1. The normalized spacial score (nSPS) is 39.0. The molecule has 0 spiro atoms. The molecule has 0 aromatic heterocycles. The van der Waals surface area contributed by atoms with Gasteiger partial charge in [0.25, 0.3) is 0 Å². The highest BCUT2D eigenvalue weighted by atomic mass is 35.5. The van der Waals surface area contributed by atoms with Crippen molar-refractivity contribution < 1.29 is 33.7 Å². The van der Waals surface area contributed by atoms with Crippen LogP contribution in [0.5, 0.6) is 0 Å². The van der Waals surface area contributed by atoms with Crippen LogP contribution in [0.4, 0.5) is 0 Å². The summed E-state index contributed by atoms with van der Waals surface area (Å²) < 4.78 is 16.4. The largest absolute Gasteiger partial charge is 0.465 e. The zero-order valence-corrected chi connectivity index (χ0v) is 20.2. The molecule has 6 atom stereocenters. The molecule has 2 saturated carbocycles. The third kappa shape index (κ3) is 4.30. The molecule has 1 heterocycles. The molecule has 2 aliphatic carbocycles. The van der Waals surface area contributed by atoms with Gasteiger partial charge in [-0.25, -0.2) is 4.79 Å². The van der Waals surface area contributed by atoms with E-state index in [1.807, 2.05) is 0 Å². The van der Waals surface area contributed by atoms with Gasteiger partial charge in [-0.05, 0) is 54.9 Å². The Morgan fingerprint density at radius 2 is 2.03 bits per heavy atom. The SMILES string of the molecule is CC(=O)OC[C@@]12[C@@H](OC(C)=O)C[C@@H](C)[C@](C)(CCC3=CC(=O)OC3)[C@H]1CCC[C@]2(O)CCl. The smallest absolute Gasteiger partial charge is 0.331 e. The second-order valence-corrected chi connectivity index (χ2v) is 10.3. The summed E-state index contributed by atoms with van der Waals surface area (Å²) in [6.45, 7) is 7.30. The fourth-order valence-corrected chi connectivity index (χ4v) is 6.88. The average molecular weight is 471 g/mol. The molecular formula is C24H35ClO7. The molecule has 0 radical (unpaired) electrons. The summed E-state index contributed by atoms with van der Waals surface area (Å²) >= 11 is 6.38. The van der Waals surface area contributed by atoms with Gasteiger partial charge in [-0.15, -0.1) is 11.6 Å². The molecule has 8 heteroatoms. The molecule has 2 fully saturated rings. The van der Waals surface area contributed by atoms with E-state index < -0.39 is 29.1 Å². The van der Waals surface area contributed by atoms with Crippen LogP contribution in [0, 0.1) is 22.7 Å². The Labute approximate surface area is 194 Å². The zero-order chi connectivity index (χ0) is 23.7. The average Bonchev–Trinajstić information content (AvgIpc) is 3.14. The van der Waals surface area contributed by atoms with Gasteiger partial charge in [0, 0.05) is 19.9 Å². The third-order valence-corrected chi connectivity index (χ3v) is 8.83. The molecule has 0 unspecified atom stereocenters. The van der Waals surface area contributed by atoms with Crippen molar-refractivity contribution in [3.63, 3.8) is 0 Å². The number of aliphatic hydroxyl groups is 1. The fourth-order valence-electron chi connectivity index (χ4n) is 6.50. The summed E-state index contributed by atoms with van der Waals surface area (Å²) in [6, 6.07) is 0. The summed E-state index contributed by atoms with van der Waals surface area (Å²) in [5, 5.41) is 11.9. The minimum absolute atomic E-state index is 0.0412. The topological polar surface area (TPSA) is 99.1 Å². The van der Waals surface area contributed by atoms with E-state index in [0.29, 0.717) is 25.9 Å². The number of hydrogen-bond acceptors (Lipinski definition) is 7. The second kappa shape index (κ2) is 9.34. The maximum absolute atomic E-state index is 12.1. The summed E-state index contributed by atoms with van der Waals surface area (Å²) in [7, 11) is 0. The van der Waals surface area contributed by atoms with Crippen LogP contribution in [0.1, 0.15) is 66.2 Å². The van der Waals surface area contributed by atoms with Crippen molar-refractivity contribution in [2.75, 3.05) is 19.1 Å². The minimum Gasteiger partial charge on any atom is -0.465 e. The molecule has 0 amide bonds. The van der Waals surface area contributed by atoms with Crippen molar-refractivity contribution >= 4 is 29.5 Å². The van der Waals surface area contributed by atoms with Gasteiger partial charge in [-0.1, -0.05) is 20.3 Å². The lowest BCUT2D eigenvalue weighted by atomic mass is 9.42. The van der Waals surface area contributed by atoms with Crippen molar-refractivity contribution in [3.8, 4) is 0 Å². The van der Waals surface area contributed by atoms with E-state index in [9.17, 15) is 19.5 Å². The maximum Gasteiger partial charge on any atom is 0.331 e. The summed E-state index contributed by atoms with van der Waals surface area (Å²) in [5.41, 5.74) is -1.66. The van der Waals surface area contributed by atoms with Crippen LogP contribution in [0.3, 0.4) is 0 Å². The molecule has 0 aromatic carbocycles. The van der Waals surface area contributed by atoms with Gasteiger partial charge in [0.2, 0.25) is 0 Å². The molecule has 32 heavy (non-hydrogen) atoms. The molecule has 3 aliphatic rings. The van der Waals surface area contributed by atoms with Crippen LogP contribution in [0.15, 0.2) is 11.6 Å². The number of rotatable bonds is 7. The second-order valence-electron chi connectivity index (χ2n) is 10.1. The molecular weight excluding hydrogens is 436 g/mol. The van der Waals surface area contributed by atoms with Crippen molar-refractivity contribution in [2.45, 2.75) is 77.9 Å². The molecule has 0 aromatic rings. The number of carbonyl (C=O) groups excluding carboxylic acids is 3. The van der Waals surface area contributed by atoms with Gasteiger partial charge < -0.3 is 19.3 Å². The highest BCUT2D eigenvalue weighted by Gasteiger charge is 2.69. The summed E-state index contributed by atoms with van der Waals surface area (Å²) in [5.74, 6) is -1.16. The molecule has 180 valence electrons. The van der Waals surface area contributed by atoms with Crippen molar-refractivity contribution in [1.29, 1.82) is 0 Å². The standard InChI is InChI=1S/C24H35ClO7/c1-15-10-20(32-17(3)27)24(14-31-16(2)26)19(6-5-8-23(24,29)13-25)22(15,4)9-7-18-11-21(28)30-12-18/h11,15,19-20,29H,5-10,12-14H2,1-4H3/t15-,19-,20+,22+,23+,24+/m1/s1. The molecule has 3 rings (SSSR count). The number of hydrogen-bond donors (Lipinski definition) is 1. The predicted octanol–water partition coefficient (Wildman–Crippen LogP) is 3.55. The lowest BCUT2D eigenvalue weighted by molar-refractivity contribution is -0.268. The van der Waals surface area contributed by atoms with Crippen molar-refractivity contribution in [1.82, 2.24) is 0 Å². The summed E-state index contributed by atoms with van der Waals surface area (Å²) in [4.78, 5) is 35.4. The van der Waals surface area contributed by atoms with Crippen LogP contribution in [0.25, 0.3) is 0 Å². The fraction of sp³-hybridized carbons (Fsp3) is 0.792.